The molecule has 1 aliphatic rings. The Morgan fingerprint density at radius 2 is 2.29 bits per heavy atom. The van der Waals surface area contributed by atoms with Crippen molar-refractivity contribution in [1.82, 2.24) is 4.90 Å². The van der Waals surface area contributed by atoms with Gasteiger partial charge in [0.25, 0.3) is 0 Å². The number of likely N-dealkylation sites (tertiary alicyclic amines) is 1. The van der Waals surface area contributed by atoms with E-state index in [2.05, 4.69) is 18.7 Å². The number of ether oxygens (including phenoxy) is 1. The second-order valence-electron chi connectivity index (χ2n) is 4.38. The molecule has 0 spiro atoms. The average Bonchev–Trinajstić information content (AvgIpc) is 2.18. The second kappa shape index (κ2) is 4.78. The van der Waals surface area contributed by atoms with Crippen LogP contribution in [0.4, 0.5) is 0 Å². The fourth-order valence-corrected chi connectivity index (χ4v) is 2.00. The SMILES string of the molecule is CCCC(=N)N1CCCC(C)(OC)C1. The lowest BCUT2D eigenvalue weighted by molar-refractivity contribution is -0.0354. The summed E-state index contributed by atoms with van der Waals surface area (Å²) in [4.78, 5) is 2.16. The Balaban J connectivity index is 2.51. The molecule has 1 fully saturated rings. The highest BCUT2D eigenvalue weighted by atomic mass is 16.5. The van der Waals surface area contributed by atoms with E-state index in [9.17, 15) is 0 Å². The summed E-state index contributed by atoms with van der Waals surface area (Å²) >= 11 is 0. The molecule has 1 atom stereocenters. The maximum absolute atomic E-state index is 7.91. The smallest absolute Gasteiger partial charge is 0.0958 e. The molecule has 3 heteroatoms. The van der Waals surface area contributed by atoms with E-state index in [0.29, 0.717) is 0 Å². The van der Waals surface area contributed by atoms with Gasteiger partial charge in [-0.3, -0.25) is 5.41 Å². The second-order valence-corrected chi connectivity index (χ2v) is 4.38. The molecule has 1 N–H and O–H groups in total. The van der Waals surface area contributed by atoms with Crippen molar-refractivity contribution in [3.8, 4) is 0 Å². The molecule has 0 aromatic heterocycles. The highest BCUT2D eigenvalue weighted by molar-refractivity contribution is 5.79. The van der Waals surface area contributed by atoms with Crippen LogP contribution in [0.5, 0.6) is 0 Å². The largest absolute Gasteiger partial charge is 0.377 e. The van der Waals surface area contributed by atoms with Gasteiger partial charge >= 0.3 is 0 Å². The van der Waals surface area contributed by atoms with E-state index >= 15 is 0 Å². The van der Waals surface area contributed by atoms with Gasteiger partial charge in [-0.25, -0.2) is 0 Å². The topological polar surface area (TPSA) is 36.3 Å². The summed E-state index contributed by atoms with van der Waals surface area (Å²) in [5.74, 6) is 0.774. The Morgan fingerprint density at radius 1 is 1.57 bits per heavy atom. The van der Waals surface area contributed by atoms with Gasteiger partial charge in [-0.05, 0) is 26.2 Å². The maximum Gasteiger partial charge on any atom is 0.0958 e. The highest BCUT2D eigenvalue weighted by Crippen LogP contribution is 2.24. The van der Waals surface area contributed by atoms with Crippen LogP contribution in [0.2, 0.25) is 0 Å². The minimum Gasteiger partial charge on any atom is -0.377 e. The number of methoxy groups -OCH3 is 1. The first-order valence-corrected chi connectivity index (χ1v) is 5.49. The van der Waals surface area contributed by atoms with Gasteiger partial charge in [0.2, 0.25) is 0 Å². The van der Waals surface area contributed by atoms with Gasteiger partial charge in [-0.1, -0.05) is 6.92 Å². The van der Waals surface area contributed by atoms with Crippen molar-refractivity contribution in [1.29, 1.82) is 5.41 Å². The van der Waals surface area contributed by atoms with Crippen molar-refractivity contribution in [3.05, 3.63) is 0 Å². The summed E-state index contributed by atoms with van der Waals surface area (Å²) in [6, 6.07) is 0. The fourth-order valence-electron chi connectivity index (χ4n) is 2.00. The van der Waals surface area contributed by atoms with Crippen LogP contribution in [-0.4, -0.2) is 36.5 Å². The molecular weight excluding hydrogens is 176 g/mol. The molecule has 0 saturated carbocycles. The molecule has 0 aromatic carbocycles. The molecule has 1 heterocycles. The quantitative estimate of drug-likeness (QED) is 0.558. The Bertz CT molecular complexity index is 205. The predicted molar refractivity (Wildman–Crippen MR) is 58.9 cm³/mol. The molecule has 1 rings (SSSR count). The molecular formula is C11H22N2O. The Hall–Kier alpha value is -0.570. The van der Waals surface area contributed by atoms with E-state index in [1.807, 2.05) is 0 Å². The summed E-state index contributed by atoms with van der Waals surface area (Å²) in [6.07, 6.45) is 4.19. The molecule has 0 aromatic rings. The van der Waals surface area contributed by atoms with Crippen LogP contribution >= 0.6 is 0 Å². The fraction of sp³-hybridized carbons (Fsp3) is 0.909. The van der Waals surface area contributed by atoms with Crippen LogP contribution in [0.25, 0.3) is 0 Å². The third-order valence-corrected chi connectivity index (χ3v) is 3.02. The number of rotatable bonds is 3. The van der Waals surface area contributed by atoms with Crippen molar-refractivity contribution in [3.63, 3.8) is 0 Å². The van der Waals surface area contributed by atoms with Gasteiger partial charge in [-0.2, -0.15) is 0 Å². The third kappa shape index (κ3) is 2.71. The molecule has 0 radical (unpaired) electrons. The first kappa shape index (κ1) is 11.5. The average molecular weight is 198 g/mol. The van der Waals surface area contributed by atoms with Crippen molar-refractivity contribution in [2.24, 2.45) is 0 Å². The molecule has 3 nitrogen and oxygen atoms in total. The van der Waals surface area contributed by atoms with Crippen LogP contribution in [0.1, 0.15) is 39.5 Å². The van der Waals surface area contributed by atoms with Crippen molar-refractivity contribution >= 4 is 5.84 Å². The molecule has 1 aliphatic heterocycles. The van der Waals surface area contributed by atoms with E-state index in [0.717, 1.165) is 44.6 Å². The predicted octanol–water partition coefficient (Wildman–Crippen LogP) is 2.26. The molecule has 1 unspecified atom stereocenters. The van der Waals surface area contributed by atoms with Crippen molar-refractivity contribution in [2.75, 3.05) is 20.2 Å². The van der Waals surface area contributed by atoms with E-state index < -0.39 is 0 Å². The van der Waals surface area contributed by atoms with Crippen molar-refractivity contribution in [2.45, 2.75) is 45.1 Å². The van der Waals surface area contributed by atoms with Crippen molar-refractivity contribution < 1.29 is 4.74 Å². The molecule has 14 heavy (non-hydrogen) atoms. The molecule has 0 aliphatic carbocycles. The lowest BCUT2D eigenvalue weighted by Gasteiger charge is -2.40. The van der Waals surface area contributed by atoms with Gasteiger partial charge in [0.05, 0.1) is 11.4 Å². The number of nitrogens with one attached hydrogen (secondary N) is 1. The van der Waals surface area contributed by atoms with Crippen LogP contribution < -0.4 is 0 Å². The van der Waals surface area contributed by atoms with Gasteiger partial charge in [0.1, 0.15) is 0 Å². The first-order chi connectivity index (χ1) is 6.61. The van der Waals surface area contributed by atoms with Gasteiger partial charge < -0.3 is 9.64 Å². The zero-order valence-electron chi connectivity index (χ0n) is 9.60. The Kier molecular flexibility index (Phi) is 3.93. The van der Waals surface area contributed by atoms with Gasteiger partial charge in [-0.15, -0.1) is 0 Å². The summed E-state index contributed by atoms with van der Waals surface area (Å²) < 4.78 is 5.50. The minimum atomic E-state index is -0.0434. The first-order valence-electron chi connectivity index (χ1n) is 5.49. The summed E-state index contributed by atoms with van der Waals surface area (Å²) in [5.41, 5.74) is -0.0434. The van der Waals surface area contributed by atoms with E-state index in [4.69, 9.17) is 10.1 Å². The molecule has 0 bridgehead atoms. The molecule has 1 saturated heterocycles. The highest BCUT2D eigenvalue weighted by Gasteiger charge is 2.31. The Labute approximate surface area is 86.9 Å². The third-order valence-electron chi connectivity index (χ3n) is 3.02. The van der Waals surface area contributed by atoms with Crippen LogP contribution in [0.15, 0.2) is 0 Å². The van der Waals surface area contributed by atoms with Crippen LogP contribution in [0.3, 0.4) is 0 Å². The number of amidine groups is 1. The van der Waals surface area contributed by atoms with E-state index in [1.54, 1.807) is 7.11 Å². The molecule has 82 valence electrons. The standard InChI is InChI=1S/C11H22N2O/c1-4-6-10(12)13-8-5-7-11(2,9-13)14-3/h12H,4-9H2,1-3H3. The number of nitrogens with zero attached hydrogens (tertiary/aromatic N) is 1. The normalized spacial score (nSPS) is 27.8. The summed E-state index contributed by atoms with van der Waals surface area (Å²) in [5, 5.41) is 7.91. The summed E-state index contributed by atoms with van der Waals surface area (Å²) in [6.45, 7) is 6.16. The number of hydrogen-bond donors (Lipinski definition) is 1. The van der Waals surface area contributed by atoms with Crippen LogP contribution in [0, 0.1) is 5.41 Å². The summed E-state index contributed by atoms with van der Waals surface area (Å²) in [7, 11) is 1.77. The number of hydrogen-bond acceptors (Lipinski definition) is 2. The zero-order chi connectivity index (χ0) is 10.6. The van der Waals surface area contributed by atoms with E-state index in [-0.39, 0.29) is 5.60 Å². The van der Waals surface area contributed by atoms with Crippen LogP contribution in [-0.2, 0) is 4.74 Å². The van der Waals surface area contributed by atoms with Gasteiger partial charge in [0.15, 0.2) is 0 Å². The lowest BCUT2D eigenvalue weighted by atomic mass is 9.94. The maximum atomic E-state index is 7.91. The number of piperidine rings is 1. The zero-order valence-corrected chi connectivity index (χ0v) is 9.60. The van der Waals surface area contributed by atoms with E-state index in [1.165, 1.54) is 0 Å². The Morgan fingerprint density at radius 3 is 2.86 bits per heavy atom. The lowest BCUT2D eigenvalue weighted by Crippen LogP contribution is -2.49. The monoisotopic (exact) mass is 198 g/mol. The molecule has 0 amide bonds. The minimum absolute atomic E-state index is 0.0434. The van der Waals surface area contributed by atoms with Gasteiger partial charge in [0, 0.05) is 26.6 Å².